The molecule has 3 rings (SSSR count). The third-order valence-electron chi connectivity index (χ3n) is 3.65. The highest BCUT2D eigenvalue weighted by Gasteiger charge is 2.42. The zero-order chi connectivity index (χ0) is 11.9. The lowest BCUT2D eigenvalue weighted by molar-refractivity contribution is 0.440. The third-order valence-corrected chi connectivity index (χ3v) is 4.14. The molecule has 0 amide bonds. The molecule has 1 aliphatic rings. The summed E-state index contributed by atoms with van der Waals surface area (Å²) >= 11 is 3.49. The predicted molar refractivity (Wildman–Crippen MR) is 71.5 cm³/mol. The Kier molecular flexibility index (Phi) is 2.48. The van der Waals surface area contributed by atoms with Crippen molar-refractivity contribution in [2.75, 3.05) is 0 Å². The van der Waals surface area contributed by atoms with Gasteiger partial charge in [0.15, 0.2) is 0 Å². The predicted octanol–water partition coefficient (Wildman–Crippen LogP) is 4.10. The molecule has 2 aromatic rings. The number of rotatable bonds is 3. The van der Waals surface area contributed by atoms with E-state index in [-0.39, 0.29) is 5.41 Å². The van der Waals surface area contributed by atoms with E-state index in [1.54, 1.807) is 0 Å². The van der Waals surface area contributed by atoms with Crippen LogP contribution < -0.4 is 0 Å². The summed E-state index contributed by atoms with van der Waals surface area (Å²) in [4.78, 5) is 0. The maximum atomic E-state index is 8.85. The fourth-order valence-corrected chi connectivity index (χ4v) is 2.78. The number of benzene rings is 1. The van der Waals surface area contributed by atoms with Gasteiger partial charge in [0.25, 0.3) is 0 Å². The van der Waals surface area contributed by atoms with Gasteiger partial charge >= 0.3 is 0 Å². The Hall–Kier alpha value is -1.27. The van der Waals surface area contributed by atoms with Crippen LogP contribution in [0.25, 0.3) is 10.9 Å². The second-order valence-corrected chi connectivity index (χ2v) is 5.90. The fourth-order valence-electron chi connectivity index (χ4n) is 2.41. The normalized spacial score (nSPS) is 16.9. The minimum atomic E-state index is 0.258. The van der Waals surface area contributed by atoms with E-state index in [9.17, 15) is 0 Å². The Bertz CT molecular complexity index is 602. The van der Waals surface area contributed by atoms with Crippen molar-refractivity contribution in [1.29, 1.82) is 5.26 Å². The monoisotopic (exact) mass is 288 g/mol. The standard InChI is InChI=1S/C14H13BrN2/c15-12-1-2-13-11(9-12)3-8-17(13)10-14(4-5-14)6-7-16/h1-3,8-9H,4-6,10H2. The summed E-state index contributed by atoms with van der Waals surface area (Å²) in [7, 11) is 0. The van der Waals surface area contributed by atoms with Crippen LogP contribution in [0, 0.1) is 16.7 Å². The molecule has 0 spiro atoms. The molecule has 0 unspecified atom stereocenters. The molecular formula is C14H13BrN2. The Balaban J connectivity index is 1.94. The van der Waals surface area contributed by atoms with Crippen molar-refractivity contribution in [2.45, 2.75) is 25.8 Å². The topological polar surface area (TPSA) is 28.7 Å². The van der Waals surface area contributed by atoms with E-state index in [4.69, 9.17) is 5.26 Å². The van der Waals surface area contributed by atoms with E-state index in [0.29, 0.717) is 6.42 Å². The first-order chi connectivity index (χ1) is 8.22. The molecule has 1 heterocycles. The van der Waals surface area contributed by atoms with Gasteiger partial charge in [-0.05, 0) is 37.1 Å². The molecule has 2 nitrogen and oxygen atoms in total. The molecule has 1 fully saturated rings. The quantitative estimate of drug-likeness (QED) is 0.836. The smallest absolute Gasteiger partial charge is 0.0628 e. The van der Waals surface area contributed by atoms with Crippen LogP contribution in [0.4, 0.5) is 0 Å². The minimum Gasteiger partial charge on any atom is -0.347 e. The average molecular weight is 289 g/mol. The Morgan fingerprint density at radius 3 is 2.88 bits per heavy atom. The maximum Gasteiger partial charge on any atom is 0.0628 e. The molecule has 86 valence electrons. The number of aromatic nitrogens is 1. The van der Waals surface area contributed by atoms with Crippen LogP contribution in [0.5, 0.6) is 0 Å². The molecule has 0 radical (unpaired) electrons. The van der Waals surface area contributed by atoms with Crippen molar-refractivity contribution in [3.05, 3.63) is 34.9 Å². The summed E-state index contributed by atoms with van der Waals surface area (Å²) in [5, 5.41) is 10.1. The summed E-state index contributed by atoms with van der Waals surface area (Å²) in [6, 6.07) is 10.8. The van der Waals surface area contributed by atoms with E-state index >= 15 is 0 Å². The van der Waals surface area contributed by atoms with Gasteiger partial charge < -0.3 is 4.57 Å². The Morgan fingerprint density at radius 2 is 2.18 bits per heavy atom. The second-order valence-electron chi connectivity index (χ2n) is 4.98. The third kappa shape index (κ3) is 1.98. The van der Waals surface area contributed by atoms with Crippen LogP contribution in [0.3, 0.4) is 0 Å². The fraction of sp³-hybridized carbons (Fsp3) is 0.357. The van der Waals surface area contributed by atoms with Crippen molar-refractivity contribution in [3.8, 4) is 6.07 Å². The largest absolute Gasteiger partial charge is 0.347 e. The minimum absolute atomic E-state index is 0.258. The zero-order valence-electron chi connectivity index (χ0n) is 9.49. The van der Waals surface area contributed by atoms with Crippen LogP contribution in [0.2, 0.25) is 0 Å². The lowest BCUT2D eigenvalue weighted by Crippen LogP contribution is -2.10. The van der Waals surface area contributed by atoms with E-state index in [2.05, 4.69) is 57.0 Å². The van der Waals surface area contributed by atoms with Gasteiger partial charge in [0.05, 0.1) is 6.07 Å². The molecule has 0 N–H and O–H groups in total. The highest BCUT2D eigenvalue weighted by Crippen LogP contribution is 2.50. The molecule has 0 saturated heterocycles. The van der Waals surface area contributed by atoms with Crippen LogP contribution in [-0.2, 0) is 6.54 Å². The average Bonchev–Trinajstić information content (AvgIpc) is 2.94. The number of nitrogens with zero attached hydrogens (tertiary/aromatic N) is 2. The molecular weight excluding hydrogens is 276 g/mol. The lowest BCUT2D eigenvalue weighted by atomic mass is 10.0. The Morgan fingerprint density at radius 1 is 1.35 bits per heavy atom. The summed E-state index contributed by atoms with van der Waals surface area (Å²) in [6.07, 6.45) is 5.20. The number of nitriles is 1. The number of fused-ring (bicyclic) bond motifs is 1. The second kappa shape index (κ2) is 3.89. The summed E-state index contributed by atoms with van der Waals surface area (Å²) in [5.41, 5.74) is 1.52. The maximum absolute atomic E-state index is 8.85. The first kappa shape index (κ1) is 10.9. The number of hydrogen-bond acceptors (Lipinski definition) is 1. The van der Waals surface area contributed by atoms with Gasteiger partial charge in [-0.3, -0.25) is 0 Å². The summed E-state index contributed by atoms with van der Waals surface area (Å²) in [5.74, 6) is 0. The molecule has 0 aliphatic heterocycles. The van der Waals surface area contributed by atoms with Gasteiger partial charge in [-0.1, -0.05) is 15.9 Å². The van der Waals surface area contributed by atoms with E-state index < -0.39 is 0 Å². The molecule has 0 bridgehead atoms. The van der Waals surface area contributed by atoms with Gasteiger partial charge in [0.2, 0.25) is 0 Å². The number of halogens is 1. The van der Waals surface area contributed by atoms with Crippen molar-refractivity contribution in [1.82, 2.24) is 4.57 Å². The molecule has 0 atom stereocenters. The van der Waals surface area contributed by atoms with E-state index in [0.717, 1.165) is 11.0 Å². The van der Waals surface area contributed by atoms with Gasteiger partial charge in [0.1, 0.15) is 0 Å². The highest BCUT2D eigenvalue weighted by atomic mass is 79.9. The SMILES string of the molecule is N#CCC1(Cn2ccc3cc(Br)ccc32)CC1. The van der Waals surface area contributed by atoms with Crippen LogP contribution in [0.1, 0.15) is 19.3 Å². The van der Waals surface area contributed by atoms with Crippen LogP contribution in [0.15, 0.2) is 34.9 Å². The molecule has 17 heavy (non-hydrogen) atoms. The summed E-state index contributed by atoms with van der Waals surface area (Å²) < 4.78 is 3.40. The number of hydrogen-bond donors (Lipinski definition) is 0. The molecule has 3 heteroatoms. The van der Waals surface area contributed by atoms with E-state index in [1.807, 2.05) is 0 Å². The van der Waals surface area contributed by atoms with Crippen molar-refractivity contribution >= 4 is 26.8 Å². The first-order valence-electron chi connectivity index (χ1n) is 5.84. The molecule has 1 aromatic carbocycles. The highest BCUT2D eigenvalue weighted by molar-refractivity contribution is 9.10. The van der Waals surface area contributed by atoms with Crippen LogP contribution in [-0.4, -0.2) is 4.57 Å². The molecule has 1 saturated carbocycles. The Labute approximate surface area is 109 Å². The van der Waals surface area contributed by atoms with Crippen LogP contribution >= 0.6 is 15.9 Å². The van der Waals surface area contributed by atoms with Crippen molar-refractivity contribution < 1.29 is 0 Å². The lowest BCUT2D eigenvalue weighted by Gasteiger charge is -2.13. The van der Waals surface area contributed by atoms with Gasteiger partial charge in [-0.25, -0.2) is 0 Å². The summed E-state index contributed by atoms with van der Waals surface area (Å²) in [6.45, 7) is 0.978. The van der Waals surface area contributed by atoms with E-state index in [1.165, 1.54) is 23.7 Å². The van der Waals surface area contributed by atoms with Gasteiger partial charge in [-0.15, -0.1) is 0 Å². The molecule has 1 aromatic heterocycles. The first-order valence-corrected chi connectivity index (χ1v) is 6.63. The van der Waals surface area contributed by atoms with Gasteiger partial charge in [-0.2, -0.15) is 5.26 Å². The van der Waals surface area contributed by atoms with Crippen molar-refractivity contribution in [2.24, 2.45) is 5.41 Å². The van der Waals surface area contributed by atoms with Crippen molar-refractivity contribution in [3.63, 3.8) is 0 Å². The van der Waals surface area contributed by atoms with Gasteiger partial charge in [0, 0.05) is 40.0 Å². The molecule has 1 aliphatic carbocycles. The zero-order valence-corrected chi connectivity index (χ0v) is 11.1.